The van der Waals surface area contributed by atoms with Gasteiger partial charge in [-0.1, -0.05) is 17.7 Å². The molecule has 5 nitrogen and oxygen atoms in total. The number of morpholine rings is 1. The van der Waals surface area contributed by atoms with Gasteiger partial charge in [0.2, 0.25) is 0 Å². The highest BCUT2D eigenvalue weighted by Gasteiger charge is 2.22. The molecule has 0 bridgehead atoms. The summed E-state index contributed by atoms with van der Waals surface area (Å²) in [6, 6.07) is 9.92. The fraction of sp³-hybridized carbons (Fsp3) is 0.333. The van der Waals surface area contributed by atoms with Crippen molar-refractivity contribution in [2.24, 2.45) is 0 Å². The molecule has 0 radical (unpaired) electrons. The summed E-state index contributed by atoms with van der Waals surface area (Å²) in [5, 5.41) is 6.10. The van der Waals surface area contributed by atoms with E-state index >= 15 is 0 Å². The van der Waals surface area contributed by atoms with Crippen molar-refractivity contribution in [2.45, 2.75) is 19.2 Å². The van der Waals surface area contributed by atoms with Crippen molar-refractivity contribution in [1.29, 1.82) is 0 Å². The van der Waals surface area contributed by atoms with Crippen molar-refractivity contribution in [1.82, 2.24) is 19.7 Å². The summed E-state index contributed by atoms with van der Waals surface area (Å²) in [4.78, 5) is 6.94. The van der Waals surface area contributed by atoms with Crippen LogP contribution in [0.3, 0.4) is 0 Å². The zero-order valence-corrected chi connectivity index (χ0v) is 14.1. The molecule has 24 heavy (non-hydrogen) atoms. The predicted molar refractivity (Wildman–Crippen MR) is 94.0 cm³/mol. The second-order valence-corrected chi connectivity index (χ2v) is 6.53. The molecular weight excluding hydrogens is 324 g/mol. The smallest absolute Gasteiger partial charge is 0.0898 e. The van der Waals surface area contributed by atoms with Crippen molar-refractivity contribution in [3.8, 4) is 0 Å². The van der Waals surface area contributed by atoms with Crippen molar-refractivity contribution < 1.29 is 4.74 Å². The molecule has 1 atom stereocenters. The van der Waals surface area contributed by atoms with Crippen LogP contribution in [0.4, 0.5) is 0 Å². The van der Waals surface area contributed by atoms with Crippen LogP contribution in [0.2, 0.25) is 5.02 Å². The van der Waals surface area contributed by atoms with Crippen LogP contribution in [-0.2, 0) is 17.8 Å². The summed E-state index contributed by atoms with van der Waals surface area (Å²) >= 11 is 6.28. The fourth-order valence-corrected chi connectivity index (χ4v) is 3.49. The second kappa shape index (κ2) is 6.89. The maximum atomic E-state index is 6.28. The van der Waals surface area contributed by atoms with Crippen LogP contribution < -0.4 is 0 Å². The van der Waals surface area contributed by atoms with E-state index in [1.54, 1.807) is 6.20 Å². The molecule has 3 heterocycles. The number of aromatic nitrogens is 3. The molecule has 1 aliphatic heterocycles. The van der Waals surface area contributed by atoms with Gasteiger partial charge in [-0.2, -0.15) is 5.10 Å². The van der Waals surface area contributed by atoms with E-state index in [-0.39, 0.29) is 6.10 Å². The lowest BCUT2D eigenvalue weighted by Crippen LogP contribution is -2.43. The summed E-state index contributed by atoms with van der Waals surface area (Å²) in [7, 11) is 0. The first-order valence-electron chi connectivity index (χ1n) is 8.12. The molecule has 1 aliphatic rings. The number of rotatable bonds is 4. The molecule has 1 aromatic carbocycles. The molecule has 0 spiro atoms. The lowest BCUT2D eigenvalue weighted by atomic mass is 10.1. The first-order chi connectivity index (χ1) is 11.8. The van der Waals surface area contributed by atoms with E-state index in [2.05, 4.69) is 21.0 Å². The van der Waals surface area contributed by atoms with E-state index in [0.717, 1.165) is 54.3 Å². The third-order valence-corrected chi connectivity index (χ3v) is 4.53. The summed E-state index contributed by atoms with van der Waals surface area (Å²) in [6.45, 7) is 4.13. The molecule has 6 heteroatoms. The Bertz CT molecular complexity index is 821. The molecule has 1 saturated heterocycles. The SMILES string of the molecule is Clc1cc(CN2CCOC(Cn3cccn3)C2)c2ncccc2c1. The third-order valence-electron chi connectivity index (χ3n) is 4.32. The maximum absolute atomic E-state index is 6.28. The summed E-state index contributed by atoms with van der Waals surface area (Å²) in [5.41, 5.74) is 2.19. The number of fused-ring (bicyclic) bond motifs is 1. The number of ether oxygens (including phenoxy) is 1. The van der Waals surface area contributed by atoms with Crippen molar-refractivity contribution in [3.63, 3.8) is 0 Å². The van der Waals surface area contributed by atoms with Gasteiger partial charge in [0.05, 0.1) is 24.8 Å². The van der Waals surface area contributed by atoms with Gasteiger partial charge in [-0.15, -0.1) is 0 Å². The zero-order chi connectivity index (χ0) is 16.4. The van der Waals surface area contributed by atoms with E-state index < -0.39 is 0 Å². The van der Waals surface area contributed by atoms with Gasteiger partial charge in [0.25, 0.3) is 0 Å². The van der Waals surface area contributed by atoms with E-state index in [9.17, 15) is 0 Å². The predicted octanol–water partition coefficient (Wildman–Crippen LogP) is 2.99. The summed E-state index contributed by atoms with van der Waals surface area (Å²) < 4.78 is 7.81. The molecule has 1 unspecified atom stereocenters. The van der Waals surface area contributed by atoms with Gasteiger partial charge in [0.15, 0.2) is 0 Å². The zero-order valence-electron chi connectivity index (χ0n) is 13.3. The molecule has 0 aliphatic carbocycles. The van der Waals surface area contributed by atoms with Crippen molar-refractivity contribution in [2.75, 3.05) is 19.7 Å². The van der Waals surface area contributed by atoms with Gasteiger partial charge in [-0.05, 0) is 29.8 Å². The quantitative estimate of drug-likeness (QED) is 0.731. The highest BCUT2D eigenvalue weighted by Crippen LogP contribution is 2.24. The number of benzene rings is 1. The van der Waals surface area contributed by atoms with E-state index in [4.69, 9.17) is 16.3 Å². The van der Waals surface area contributed by atoms with E-state index in [1.807, 2.05) is 41.3 Å². The van der Waals surface area contributed by atoms with Crippen molar-refractivity contribution in [3.05, 3.63) is 59.5 Å². The standard InChI is InChI=1S/C18H19ClN4O/c19-16-9-14-3-1-4-20-18(14)15(10-16)11-22-7-8-24-17(12-22)13-23-6-2-5-21-23/h1-6,9-10,17H,7-8,11-13H2. The third kappa shape index (κ3) is 3.43. The van der Waals surface area contributed by atoms with Crippen LogP contribution in [0, 0.1) is 0 Å². The molecule has 0 saturated carbocycles. The molecule has 1 fully saturated rings. The van der Waals surface area contributed by atoms with E-state index in [0.29, 0.717) is 0 Å². The lowest BCUT2D eigenvalue weighted by molar-refractivity contribution is -0.0401. The fourth-order valence-electron chi connectivity index (χ4n) is 3.24. The first-order valence-corrected chi connectivity index (χ1v) is 8.50. The molecule has 0 N–H and O–H groups in total. The molecule has 124 valence electrons. The van der Waals surface area contributed by atoms with Gasteiger partial charge in [-0.3, -0.25) is 14.6 Å². The normalized spacial score (nSPS) is 19.0. The van der Waals surface area contributed by atoms with Crippen LogP contribution >= 0.6 is 11.6 Å². The topological polar surface area (TPSA) is 43.2 Å². The number of hydrogen-bond acceptors (Lipinski definition) is 4. The second-order valence-electron chi connectivity index (χ2n) is 6.10. The van der Waals surface area contributed by atoms with Gasteiger partial charge >= 0.3 is 0 Å². The molecule has 3 aromatic rings. The minimum absolute atomic E-state index is 0.150. The van der Waals surface area contributed by atoms with Crippen LogP contribution in [-0.4, -0.2) is 45.5 Å². The van der Waals surface area contributed by atoms with Gasteiger partial charge < -0.3 is 4.74 Å². The minimum atomic E-state index is 0.150. The minimum Gasteiger partial charge on any atom is -0.374 e. The van der Waals surface area contributed by atoms with E-state index in [1.165, 1.54) is 0 Å². The Morgan fingerprint density at radius 2 is 2.21 bits per heavy atom. The molecule has 4 rings (SSSR count). The summed E-state index contributed by atoms with van der Waals surface area (Å²) in [5.74, 6) is 0. The van der Waals surface area contributed by atoms with Crippen LogP contribution in [0.25, 0.3) is 10.9 Å². The maximum Gasteiger partial charge on any atom is 0.0898 e. The van der Waals surface area contributed by atoms with Crippen LogP contribution in [0.1, 0.15) is 5.56 Å². The lowest BCUT2D eigenvalue weighted by Gasteiger charge is -2.33. The average molecular weight is 343 g/mol. The number of nitrogens with zero attached hydrogens (tertiary/aromatic N) is 4. The van der Waals surface area contributed by atoms with Crippen LogP contribution in [0.5, 0.6) is 0 Å². The largest absolute Gasteiger partial charge is 0.374 e. The Hall–Kier alpha value is -1.95. The first kappa shape index (κ1) is 15.6. The Morgan fingerprint density at radius 1 is 1.25 bits per heavy atom. The Kier molecular flexibility index (Phi) is 4.47. The molecular formula is C18H19ClN4O. The monoisotopic (exact) mass is 342 g/mol. The Labute approximate surface area is 145 Å². The van der Waals surface area contributed by atoms with Gasteiger partial charge in [-0.25, -0.2) is 0 Å². The molecule has 0 amide bonds. The van der Waals surface area contributed by atoms with Gasteiger partial charge in [0.1, 0.15) is 0 Å². The van der Waals surface area contributed by atoms with Crippen LogP contribution in [0.15, 0.2) is 48.9 Å². The molecule has 2 aromatic heterocycles. The average Bonchev–Trinajstić information content (AvgIpc) is 3.08. The highest BCUT2D eigenvalue weighted by molar-refractivity contribution is 6.31. The summed E-state index contributed by atoms with van der Waals surface area (Å²) in [6.07, 6.45) is 5.75. The van der Waals surface area contributed by atoms with Gasteiger partial charge in [0, 0.05) is 48.6 Å². The number of pyridine rings is 1. The van der Waals surface area contributed by atoms with Crippen molar-refractivity contribution >= 4 is 22.5 Å². The number of hydrogen-bond donors (Lipinski definition) is 0. The Balaban J connectivity index is 1.50. The number of halogens is 1. The Morgan fingerprint density at radius 3 is 3.08 bits per heavy atom. The highest BCUT2D eigenvalue weighted by atomic mass is 35.5.